The highest BCUT2D eigenvalue weighted by atomic mass is 32.2. The van der Waals surface area contributed by atoms with Crippen molar-refractivity contribution in [2.24, 2.45) is 0 Å². The lowest BCUT2D eigenvalue weighted by Gasteiger charge is -2.31. The molecule has 0 radical (unpaired) electrons. The first kappa shape index (κ1) is 27.4. The van der Waals surface area contributed by atoms with E-state index in [9.17, 15) is 33.2 Å². The molecule has 0 spiro atoms. The molecule has 13 heteroatoms. The van der Waals surface area contributed by atoms with E-state index in [2.05, 4.69) is 4.90 Å². The van der Waals surface area contributed by atoms with Crippen LogP contribution < -0.4 is 0 Å². The number of likely N-dealkylation sites (tertiary alicyclic amines) is 1. The van der Waals surface area contributed by atoms with Gasteiger partial charge in [0.1, 0.15) is 5.76 Å². The minimum absolute atomic E-state index is 0.00284. The summed E-state index contributed by atoms with van der Waals surface area (Å²) in [4.78, 5) is 40.4. The normalized spacial score (nSPS) is 20.3. The molecule has 2 heterocycles. The molecule has 1 atom stereocenters. The van der Waals surface area contributed by atoms with Gasteiger partial charge in [-0.1, -0.05) is 0 Å². The highest BCUT2D eigenvalue weighted by molar-refractivity contribution is 7.89. The summed E-state index contributed by atoms with van der Waals surface area (Å²) in [6.07, 6.45) is 0. The van der Waals surface area contributed by atoms with Gasteiger partial charge in [-0.3, -0.25) is 24.6 Å². The van der Waals surface area contributed by atoms with Crippen molar-refractivity contribution < 1.29 is 32.8 Å². The number of rotatable bonds is 8. The lowest BCUT2D eigenvalue weighted by Crippen LogP contribution is -2.42. The average molecular weight is 545 g/mol. The highest BCUT2D eigenvalue weighted by Gasteiger charge is 2.46. The number of nitrogens with zero attached hydrogens (tertiary/aromatic N) is 4. The van der Waals surface area contributed by atoms with E-state index in [1.165, 1.54) is 67.5 Å². The largest absolute Gasteiger partial charge is 0.507 e. The first-order chi connectivity index (χ1) is 18.0. The van der Waals surface area contributed by atoms with Crippen molar-refractivity contribution in [3.63, 3.8) is 0 Å². The molecule has 1 N–H and O–H groups in total. The van der Waals surface area contributed by atoms with Crippen LogP contribution in [-0.4, -0.2) is 97.7 Å². The van der Waals surface area contributed by atoms with E-state index >= 15 is 0 Å². The molecule has 12 nitrogen and oxygen atoms in total. The van der Waals surface area contributed by atoms with Gasteiger partial charge in [-0.05, 0) is 42.0 Å². The second kappa shape index (κ2) is 11.0. The number of carbonyl (C=O) groups is 2. The maximum absolute atomic E-state index is 13.2. The van der Waals surface area contributed by atoms with Gasteiger partial charge in [-0.2, -0.15) is 0 Å². The number of nitro benzene ring substituents is 1. The smallest absolute Gasteiger partial charge is 0.295 e. The van der Waals surface area contributed by atoms with Crippen LogP contribution in [-0.2, 0) is 24.3 Å². The van der Waals surface area contributed by atoms with Gasteiger partial charge in [-0.15, -0.1) is 0 Å². The molecule has 2 aromatic rings. The Morgan fingerprint density at radius 3 is 2.21 bits per heavy atom. The summed E-state index contributed by atoms with van der Waals surface area (Å²) in [5.41, 5.74) is 0.247. The van der Waals surface area contributed by atoms with Crippen LogP contribution >= 0.6 is 0 Å². The van der Waals surface area contributed by atoms with Crippen LogP contribution in [0.2, 0.25) is 0 Å². The topological polar surface area (TPSA) is 151 Å². The van der Waals surface area contributed by atoms with E-state index in [0.717, 1.165) is 4.31 Å². The Morgan fingerprint density at radius 1 is 1.05 bits per heavy atom. The van der Waals surface area contributed by atoms with Crippen LogP contribution in [0, 0.1) is 10.1 Å². The molecule has 2 aromatic carbocycles. The van der Waals surface area contributed by atoms with E-state index < -0.39 is 38.4 Å². The maximum atomic E-state index is 13.2. The van der Waals surface area contributed by atoms with Crippen molar-refractivity contribution in [2.75, 3.05) is 53.5 Å². The highest BCUT2D eigenvalue weighted by Crippen LogP contribution is 2.39. The Morgan fingerprint density at radius 2 is 1.66 bits per heavy atom. The zero-order valence-corrected chi connectivity index (χ0v) is 21.8. The number of sulfonamides is 1. The summed E-state index contributed by atoms with van der Waals surface area (Å²) in [5, 5.41) is 22.4. The van der Waals surface area contributed by atoms with Gasteiger partial charge in [0.2, 0.25) is 10.0 Å². The van der Waals surface area contributed by atoms with Crippen molar-refractivity contribution in [2.45, 2.75) is 10.9 Å². The standard InChI is InChI=1S/C25H28N4O8S/c1-26(2)38(35,36)20-9-5-18(6-10-20)23(30)21-22(17-3-7-19(8-4-17)29(33)34)28(25(32)24(21)31)12-11-27-13-15-37-16-14-27/h3-10,22,30H,11-16H2,1-2H3/t22-/m0/s1. The molecule has 0 aliphatic carbocycles. The van der Waals surface area contributed by atoms with Crippen LogP contribution in [0.1, 0.15) is 17.2 Å². The van der Waals surface area contributed by atoms with Crippen LogP contribution in [0.4, 0.5) is 5.69 Å². The molecule has 1 amide bonds. The number of carbonyl (C=O) groups excluding carboxylic acids is 2. The fourth-order valence-corrected chi connectivity index (χ4v) is 5.36. The van der Waals surface area contributed by atoms with Gasteiger partial charge in [-0.25, -0.2) is 12.7 Å². The maximum Gasteiger partial charge on any atom is 0.295 e. The van der Waals surface area contributed by atoms with Crippen LogP contribution in [0.3, 0.4) is 0 Å². The number of ether oxygens (including phenoxy) is 1. The van der Waals surface area contributed by atoms with Gasteiger partial charge in [0.15, 0.2) is 0 Å². The number of amides is 1. The predicted octanol–water partition coefficient (Wildman–Crippen LogP) is 1.60. The third kappa shape index (κ3) is 5.31. The zero-order valence-electron chi connectivity index (χ0n) is 20.9. The number of aliphatic hydroxyl groups is 1. The average Bonchev–Trinajstić information content (AvgIpc) is 3.17. The number of nitro groups is 1. The van der Waals surface area contributed by atoms with Crippen LogP contribution in [0.25, 0.3) is 5.76 Å². The Hall–Kier alpha value is -3.65. The summed E-state index contributed by atoms with van der Waals surface area (Å²) in [5.74, 6) is -2.15. The quantitative estimate of drug-likeness (QED) is 0.172. The molecular weight excluding hydrogens is 516 g/mol. The Labute approximate surface area is 219 Å². The minimum Gasteiger partial charge on any atom is -0.507 e. The predicted molar refractivity (Wildman–Crippen MR) is 137 cm³/mol. The first-order valence-corrected chi connectivity index (χ1v) is 13.3. The minimum atomic E-state index is -3.71. The molecule has 0 bridgehead atoms. The summed E-state index contributed by atoms with van der Waals surface area (Å²) in [6, 6.07) is 9.81. The van der Waals surface area contributed by atoms with Gasteiger partial charge < -0.3 is 14.7 Å². The molecule has 2 fully saturated rings. The number of Topliss-reactive ketones (excluding diaryl/α,β-unsaturated/α-hetero) is 1. The Bertz CT molecular complexity index is 1370. The first-order valence-electron chi connectivity index (χ1n) is 11.9. The van der Waals surface area contributed by atoms with Gasteiger partial charge in [0, 0.05) is 58.0 Å². The number of hydrogen-bond donors (Lipinski definition) is 1. The third-order valence-electron chi connectivity index (χ3n) is 6.63. The van der Waals surface area contributed by atoms with E-state index in [-0.39, 0.29) is 28.3 Å². The number of hydrogen-bond acceptors (Lipinski definition) is 9. The summed E-state index contributed by atoms with van der Waals surface area (Å²) >= 11 is 0. The zero-order chi connectivity index (χ0) is 27.6. The summed E-state index contributed by atoms with van der Waals surface area (Å²) in [6.45, 7) is 3.12. The number of ketones is 1. The second-order valence-corrected chi connectivity index (χ2v) is 11.3. The summed E-state index contributed by atoms with van der Waals surface area (Å²) in [7, 11) is -0.923. The third-order valence-corrected chi connectivity index (χ3v) is 8.46. The Balaban J connectivity index is 1.74. The Kier molecular flexibility index (Phi) is 7.92. The van der Waals surface area contributed by atoms with Gasteiger partial charge >= 0.3 is 0 Å². The van der Waals surface area contributed by atoms with E-state index in [1.54, 1.807) is 0 Å². The molecule has 2 aliphatic rings. The number of aliphatic hydroxyl groups excluding tert-OH is 1. The van der Waals surface area contributed by atoms with Crippen molar-refractivity contribution in [1.29, 1.82) is 0 Å². The molecule has 202 valence electrons. The van der Waals surface area contributed by atoms with Crippen LogP contribution in [0.5, 0.6) is 0 Å². The second-order valence-electron chi connectivity index (χ2n) is 9.11. The lowest BCUT2D eigenvalue weighted by atomic mass is 9.95. The molecule has 2 aliphatic heterocycles. The van der Waals surface area contributed by atoms with Crippen molar-refractivity contribution in [1.82, 2.24) is 14.1 Å². The fourth-order valence-electron chi connectivity index (χ4n) is 4.46. The molecule has 38 heavy (non-hydrogen) atoms. The van der Waals surface area contributed by atoms with Gasteiger partial charge in [0.05, 0.1) is 34.6 Å². The molecule has 4 rings (SSSR count). The van der Waals surface area contributed by atoms with Crippen molar-refractivity contribution in [3.05, 3.63) is 75.3 Å². The van der Waals surface area contributed by atoms with Crippen LogP contribution in [0.15, 0.2) is 59.0 Å². The SMILES string of the molecule is CN(C)S(=O)(=O)c1ccc(C(O)=C2C(=O)C(=O)N(CCN3CCOCC3)[C@H]2c2ccc([N+](=O)[O-])cc2)cc1. The number of morpholine rings is 1. The molecular formula is C25H28N4O8S. The van der Waals surface area contributed by atoms with E-state index in [4.69, 9.17) is 4.74 Å². The molecule has 0 aromatic heterocycles. The lowest BCUT2D eigenvalue weighted by molar-refractivity contribution is -0.384. The number of non-ortho nitro benzene ring substituents is 1. The van der Waals surface area contributed by atoms with E-state index in [0.29, 0.717) is 38.4 Å². The summed E-state index contributed by atoms with van der Waals surface area (Å²) < 4.78 is 31.2. The monoisotopic (exact) mass is 544 g/mol. The molecule has 0 saturated carbocycles. The fraction of sp³-hybridized carbons (Fsp3) is 0.360. The molecule has 0 unspecified atom stereocenters. The number of benzene rings is 2. The van der Waals surface area contributed by atoms with Crippen molar-refractivity contribution in [3.8, 4) is 0 Å². The van der Waals surface area contributed by atoms with Gasteiger partial charge in [0.25, 0.3) is 17.4 Å². The molecule has 2 saturated heterocycles. The van der Waals surface area contributed by atoms with E-state index in [1.807, 2.05) is 0 Å². The van der Waals surface area contributed by atoms with Crippen molar-refractivity contribution >= 4 is 33.2 Å².